The summed E-state index contributed by atoms with van der Waals surface area (Å²) in [6, 6.07) is 4.84. The molecule has 1 heterocycles. The van der Waals surface area contributed by atoms with Gasteiger partial charge in [0.15, 0.2) is 11.5 Å². The van der Waals surface area contributed by atoms with Gasteiger partial charge in [-0.25, -0.2) is 0 Å². The van der Waals surface area contributed by atoms with Gasteiger partial charge in [-0.05, 0) is 25.1 Å². The maximum absolute atomic E-state index is 11.6. The highest BCUT2D eigenvalue weighted by Crippen LogP contribution is 2.33. The molecule has 120 valence electrons. The Morgan fingerprint density at radius 3 is 2.77 bits per heavy atom. The summed E-state index contributed by atoms with van der Waals surface area (Å²) in [6.45, 7) is 2.73. The Kier molecular flexibility index (Phi) is 5.94. The summed E-state index contributed by atoms with van der Waals surface area (Å²) in [5.41, 5.74) is 0. The van der Waals surface area contributed by atoms with E-state index in [2.05, 4.69) is 5.32 Å². The summed E-state index contributed by atoms with van der Waals surface area (Å²) >= 11 is 1.52. The first-order valence-corrected chi connectivity index (χ1v) is 8.09. The van der Waals surface area contributed by atoms with E-state index in [4.69, 9.17) is 14.6 Å². The van der Waals surface area contributed by atoms with E-state index in [1.54, 1.807) is 0 Å². The average molecular weight is 325 g/mol. The van der Waals surface area contributed by atoms with Crippen LogP contribution in [0.1, 0.15) is 19.8 Å². The molecule has 0 bridgehead atoms. The Morgan fingerprint density at radius 2 is 2.05 bits per heavy atom. The summed E-state index contributed by atoms with van der Waals surface area (Å²) in [7, 11) is 0. The van der Waals surface area contributed by atoms with Crippen LogP contribution in [0.15, 0.2) is 23.1 Å². The number of rotatable bonds is 6. The lowest BCUT2D eigenvalue weighted by molar-refractivity contribution is -0.141. The second-order valence-corrected chi connectivity index (χ2v) is 6.05. The van der Waals surface area contributed by atoms with Crippen molar-refractivity contribution in [2.24, 2.45) is 0 Å². The number of carbonyl (C=O) groups excluding carboxylic acids is 1. The van der Waals surface area contributed by atoms with E-state index in [-0.39, 0.29) is 12.3 Å². The van der Waals surface area contributed by atoms with Crippen LogP contribution in [0.3, 0.4) is 0 Å². The molecule has 0 spiro atoms. The topological polar surface area (TPSA) is 84.9 Å². The zero-order valence-electron chi connectivity index (χ0n) is 12.3. The van der Waals surface area contributed by atoms with E-state index >= 15 is 0 Å². The molecule has 0 unspecified atom stereocenters. The quantitative estimate of drug-likeness (QED) is 0.777. The number of amides is 1. The van der Waals surface area contributed by atoms with E-state index < -0.39 is 12.0 Å². The van der Waals surface area contributed by atoms with Crippen molar-refractivity contribution in [1.82, 2.24) is 5.32 Å². The highest BCUT2D eigenvalue weighted by Gasteiger charge is 2.14. The Labute approximate surface area is 133 Å². The number of hydrogen-bond acceptors (Lipinski definition) is 5. The molecule has 0 aromatic heterocycles. The third-order valence-electron chi connectivity index (χ3n) is 3.06. The van der Waals surface area contributed by atoms with Gasteiger partial charge in [-0.3, -0.25) is 9.59 Å². The Balaban J connectivity index is 1.81. The SMILES string of the molecule is C[C@H](NC(=O)CCSc1ccc2c(c1)OCCCO2)C(=O)O. The predicted octanol–water partition coefficient (Wildman–Crippen LogP) is 1.92. The smallest absolute Gasteiger partial charge is 0.325 e. The number of aliphatic carboxylic acids is 1. The van der Waals surface area contributed by atoms with E-state index in [0.29, 0.717) is 19.0 Å². The summed E-state index contributed by atoms with van der Waals surface area (Å²) in [5, 5.41) is 11.2. The molecule has 2 rings (SSSR count). The summed E-state index contributed by atoms with van der Waals surface area (Å²) in [4.78, 5) is 23.2. The number of benzene rings is 1. The van der Waals surface area contributed by atoms with Gasteiger partial charge in [0.25, 0.3) is 0 Å². The van der Waals surface area contributed by atoms with E-state index in [9.17, 15) is 9.59 Å². The molecule has 0 aliphatic carbocycles. The summed E-state index contributed by atoms with van der Waals surface area (Å²) in [5.74, 6) is 0.736. The zero-order valence-corrected chi connectivity index (χ0v) is 13.1. The molecule has 1 aromatic rings. The van der Waals surface area contributed by atoms with Gasteiger partial charge in [0.1, 0.15) is 6.04 Å². The molecule has 0 fully saturated rings. The molecule has 1 atom stereocenters. The molecule has 0 saturated carbocycles. The number of carboxylic acid groups (broad SMARTS) is 1. The van der Waals surface area contributed by atoms with E-state index in [0.717, 1.165) is 22.8 Å². The second kappa shape index (κ2) is 7.93. The molecule has 2 N–H and O–H groups in total. The van der Waals surface area contributed by atoms with Crippen molar-refractivity contribution < 1.29 is 24.2 Å². The predicted molar refractivity (Wildman–Crippen MR) is 82.6 cm³/mol. The molecule has 1 aliphatic heterocycles. The van der Waals surface area contributed by atoms with Gasteiger partial charge < -0.3 is 19.9 Å². The monoisotopic (exact) mass is 325 g/mol. The van der Waals surface area contributed by atoms with E-state index in [1.165, 1.54) is 18.7 Å². The minimum atomic E-state index is -1.04. The zero-order chi connectivity index (χ0) is 15.9. The second-order valence-electron chi connectivity index (χ2n) is 4.88. The van der Waals surface area contributed by atoms with Crippen molar-refractivity contribution in [3.63, 3.8) is 0 Å². The number of nitrogens with one attached hydrogen (secondary N) is 1. The molecule has 6 nitrogen and oxygen atoms in total. The largest absolute Gasteiger partial charge is 0.490 e. The summed E-state index contributed by atoms with van der Waals surface area (Å²) < 4.78 is 11.2. The van der Waals surface area contributed by atoms with Gasteiger partial charge >= 0.3 is 5.97 Å². The minimum Gasteiger partial charge on any atom is -0.490 e. The fourth-order valence-corrected chi connectivity index (χ4v) is 2.75. The van der Waals surface area contributed by atoms with Gasteiger partial charge in [0.2, 0.25) is 5.91 Å². The molecular weight excluding hydrogens is 306 g/mol. The van der Waals surface area contributed by atoms with Crippen LogP contribution in [0.4, 0.5) is 0 Å². The van der Waals surface area contributed by atoms with Gasteiger partial charge in [0.05, 0.1) is 13.2 Å². The van der Waals surface area contributed by atoms with Gasteiger partial charge in [-0.1, -0.05) is 0 Å². The fourth-order valence-electron chi connectivity index (χ4n) is 1.87. The van der Waals surface area contributed by atoms with Crippen LogP contribution in [0.5, 0.6) is 11.5 Å². The molecule has 1 amide bonds. The van der Waals surface area contributed by atoms with Crippen LogP contribution in [0.25, 0.3) is 0 Å². The number of carboxylic acids is 1. The molecular formula is C15H19NO5S. The molecule has 22 heavy (non-hydrogen) atoms. The van der Waals surface area contributed by atoms with Crippen LogP contribution in [-0.2, 0) is 9.59 Å². The lowest BCUT2D eigenvalue weighted by atomic mass is 10.3. The highest BCUT2D eigenvalue weighted by molar-refractivity contribution is 7.99. The number of ether oxygens (including phenoxy) is 2. The van der Waals surface area contributed by atoms with Crippen LogP contribution in [-0.4, -0.2) is 42.0 Å². The average Bonchev–Trinajstić information content (AvgIpc) is 2.71. The number of fused-ring (bicyclic) bond motifs is 1. The first-order valence-electron chi connectivity index (χ1n) is 7.11. The van der Waals surface area contributed by atoms with Crippen molar-refractivity contribution in [3.8, 4) is 11.5 Å². The maximum Gasteiger partial charge on any atom is 0.325 e. The lowest BCUT2D eigenvalue weighted by Gasteiger charge is -2.10. The fraction of sp³-hybridized carbons (Fsp3) is 0.467. The van der Waals surface area contributed by atoms with Crippen LogP contribution in [0, 0.1) is 0 Å². The third kappa shape index (κ3) is 4.84. The molecule has 0 radical (unpaired) electrons. The van der Waals surface area contributed by atoms with Crippen molar-refractivity contribution in [3.05, 3.63) is 18.2 Å². The van der Waals surface area contributed by atoms with Crippen molar-refractivity contribution >= 4 is 23.6 Å². The summed E-state index contributed by atoms with van der Waals surface area (Å²) in [6.07, 6.45) is 1.12. The van der Waals surface area contributed by atoms with Crippen LogP contribution in [0.2, 0.25) is 0 Å². The maximum atomic E-state index is 11.6. The standard InChI is InChI=1S/C15H19NO5S/c1-10(15(18)19)16-14(17)5-8-22-11-3-4-12-13(9-11)21-7-2-6-20-12/h3-4,9-10H,2,5-8H2,1H3,(H,16,17)(H,18,19)/t10-/m0/s1. The Bertz CT molecular complexity index is 549. The molecule has 1 aliphatic rings. The molecule has 1 aromatic carbocycles. The van der Waals surface area contributed by atoms with E-state index in [1.807, 2.05) is 18.2 Å². The van der Waals surface area contributed by atoms with Crippen molar-refractivity contribution in [1.29, 1.82) is 0 Å². The van der Waals surface area contributed by atoms with Gasteiger partial charge in [0, 0.05) is 23.5 Å². The lowest BCUT2D eigenvalue weighted by Crippen LogP contribution is -2.38. The Morgan fingerprint density at radius 1 is 1.32 bits per heavy atom. The highest BCUT2D eigenvalue weighted by atomic mass is 32.2. The normalized spacial score (nSPS) is 14.8. The van der Waals surface area contributed by atoms with Gasteiger partial charge in [-0.2, -0.15) is 0 Å². The molecule has 7 heteroatoms. The first kappa shape index (κ1) is 16.5. The third-order valence-corrected chi connectivity index (χ3v) is 4.06. The molecule has 0 saturated heterocycles. The Hall–Kier alpha value is -1.89. The number of thioether (sulfide) groups is 1. The number of carbonyl (C=O) groups is 2. The van der Waals surface area contributed by atoms with Crippen LogP contribution >= 0.6 is 11.8 Å². The van der Waals surface area contributed by atoms with Gasteiger partial charge in [-0.15, -0.1) is 11.8 Å². The number of hydrogen-bond donors (Lipinski definition) is 2. The van der Waals surface area contributed by atoms with Crippen molar-refractivity contribution in [2.75, 3.05) is 19.0 Å². The minimum absolute atomic E-state index is 0.261. The van der Waals surface area contributed by atoms with Crippen molar-refractivity contribution in [2.45, 2.75) is 30.7 Å². The van der Waals surface area contributed by atoms with Crippen LogP contribution < -0.4 is 14.8 Å². The first-order chi connectivity index (χ1) is 10.6.